The van der Waals surface area contributed by atoms with Crippen molar-refractivity contribution in [1.29, 1.82) is 0 Å². The van der Waals surface area contributed by atoms with E-state index in [0.29, 0.717) is 40.0 Å². The van der Waals surface area contributed by atoms with Gasteiger partial charge < -0.3 is 21.1 Å². The summed E-state index contributed by atoms with van der Waals surface area (Å²) >= 11 is 0. The maximum atomic E-state index is 14.5. The number of Topliss-reactive ketones (excluding diaryl/α,β-unsaturated/α-hetero) is 1. The molecular formula is C42H50N4O2. The number of hydrogen-bond donors (Lipinski definition) is 4. The van der Waals surface area contributed by atoms with Crippen LogP contribution in [0.2, 0.25) is 0 Å². The molecule has 6 heteroatoms. The topological polar surface area (TPSA) is 85.8 Å². The molecule has 250 valence electrons. The molecule has 0 aromatic heterocycles. The minimum atomic E-state index is -0.499. The molecule has 0 unspecified atom stereocenters. The van der Waals surface area contributed by atoms with Gasteiger partial charge in [0.15, 0.2) is 0 Å². The van der Waals surface area contributed by atoms with Crippen molar-refractivity contribution in [3.63, 3.8) is 0 Å². The second-order valence-corrected chi connectivity index (χ2v) is 16.2. The molecule has 0 spiro atoms. The average molecular weight is 643 g/mol. The highest BCUT2D eigenvalue weighted by Crippen LogP contribution is 2.48. The molecule has 4 aromatic carbocycles. The number of rotatable bonds is 9. The molecule has 1 aliphatic carbocycles. The molecule has 48 heavy (non-hydrogen) atoms. The molecular weight excluding hydrogens is 592 g/mol. The summed E-state index contributed by atoms with van der Waals surface area (Å²) in [6, 6.07) is 20.7. The average Bonchev–Trinajstić information content (AvgIpc) is 2.98. The summed E-state index contributed by atoms with van der Waals surface area (Å²) in [6.07, 6.45) is 3.56. The second kappa shape index (κ2) is 11.7. The predicted molar refractivity (Wildman–Crippen MR) is 201 cm³/mol. The molecule has 4 N–H and O–H groups in total. The number of carbonyl (C=O) groups excluding carboxylic acids is 1. The number of aliphatic hydroxyl groups excluding tert-OH is 1. The fraction of sp³-hybridized carbons (Fsp3) is 0.429. The number of allylic oxidation sites excluding steroid dienone is 2. The summed E-state index contributed by atoms with van der Waals surface area (Å²) < 4.78 is 0. The Morgan fingerprint density at radius 1 is 0.646 bits per heavy atom. The zero-order valence-electron chi connectivity index (χ0n) is 29.7. The van der Waals surface area contributed by atoms with Gasteiger partial charge in [0.2, 0.25) is 5.78 Å². The molecule has 0 saturated carbocycles. The Hall–Kier alpha value is -4.32. The van der Waals surface area contributed by atoms with Crippen LogP contribution in [0.1, 0.15) is 86.6 Å². The molecule has 2 aliphatic heterocycles. The molecule has 0 fully saturated rings. The third-order valence-electron chi connectivity index (χ3n) is 9.97. The number of aliphatic hydroxyl groups is 1. The van der Waals surface area contributed by atoms with Gasteiger partial charge in [-0.2, -0.15) is 0 Å². The van der Waals surface area contributed by atoms with Gasteiger partial charge in [-0.05, 0) is 72.3 Å². The Labute approximate surface area is 284 Å². The Kier molecular flexibility index (Phi) is 7.84. The van der Waals surface area contributed by atoms with Crippen molar-refractivity contribution in [3.05, 3.63) is 82.6 Å². The normalized spacial score (nSPS) is 18.7. The van der Waals surface area contributed by atoms with Gasteiger partial charge in [0, 0.05) is 32.9 Å². The lowest BCUT2D eigenvalue weighted by molar-refractivity contribution is -0.109. The van der Waals surface area contributed by atoms with Gasteiger partial charge in [0.05, 0.1) is 22.2 Å². The number of nitrogens with one attached hydrogen (secondary N) is 3. The van der Waals surface area contributed by atoms with Crippen molar-refractivity contribution in [2.75, 3.05) is 16.0 Å². The van der Waals surface area contributed by atoms with Crippen LogP contribution in [0.15, 0.2) is 71.4 Å². The molecule has 7 rings (SSSR count). The van der Waals surface area contributed by atoms with Crippen molar-refractivity contribution in [3.8, 4) is 0 Å². The van der Waals surface area contributed by atoms with Gasteiger partial charge in [-0.1, -0.05) is 104 Å². The molecule has 4 aromatic rings. The molecule has 3 aliphatic rings. The Morgan fingerprint density at radius 3 is 1.79 bits per heavy atom. The second-order valence-electron chi connectivity index (χ2n) is 16.2. The fourth-order valence-electron chi connectivity index (χ4n) is 8.84. The number of benzene rings is 4. The van der Waals surface area contributed by atoms with E-state index in [2.05, 4.69) is 114 Å². The van der Waals surface area contributed by atoms with Crippen molar-refractivity contribution in [2.45, 2.75) is 92.4 Å². The van der Waals surface area contributed by atoms with Gasteiger partial charge >= 0.3 is 0 Å². The van der Waals surface area contributed by atoms with E-state index in [1.54, 1.807) is 0 Å². The molecule has 0 amide bonds. The molecule has 0 radical (unpaired) electrons. The van der Waals surface area contributed by atoms with Crippen molar-refractivity contribution < 1.29 is 9.90 Å². The van der Waals surface area contributed by atoms with Crippen molar-refractivity contribution in [1.82, 2.24) is 0 Å². The number of ketones is 1. The number of anilines is 3. The fourth-order valence-corrected chi connectivity index (χ4v) is 8.84. The zero-order chi connectivity index (χ0) is 34.1. The van der Waals surface area contributed by atoms with Crippen LogP contribution in [0.25, 0.3) is 32.7 Å². The van der Waals surface area contributed by atoms with E-state index in [1.807, 2.05) is 18.2 Å². The van der Waals surface area contributed by atoms with E-state index in [9.17, 15) is 9.90 Å². The largest absolute Gasteiger partial charge is 0.506 e. The van der Waals surface area contributed by atoms with Crippen molar-refractivity contribution >= 4 is 55.5 Å². The smallest absolute Gasteiger partial charge is 0.201 e. The maximum absolute atomic E-state index is 14.5. The first-order valence-electron chi connectivity index (χ1n) is 17.9. The molecule has 0 saturated heterocycles. The first-order valence-corrected chi connectivity index (χ1v) is 17.9. The maximum Gasteiger partial charge on any atom is 0.201 e. The minimum absolute atomic E-state index is 0.0480. The lowest BCUT2D eigenvalue weighted by Gasteiger charge is -2.45. The van der Waals surface area contributed by atoms with Gasteiger partial charge in [-0.25, -0.2) is 0 Å². The Morgan fingerprint density at radius 2 is 1.21 bits per heavy atom. The van der Waals surface area contributed by atoms with Gasteiger partial charge in [-0.3, -0.25) is 9.79 Å². The summed E-state index contributed by atoms with van der Waals surface area (Å²) in [4.78, 5) is 19.9. The van der Waals surface area contributed by atoms with Gasteiger partial charge in [-0.15, -0.1) is 0 Å². The lowest BCUT2D eigenvalue weighted by Crippen LogP contribution is -2.50. The van der Waals surface area contributed by atoms with Crippen LogP contribution in [-0.2, 0) is 4.79 Å². The van der Waals surface area contributed by atoms with E-state index >= 15 is 0 Å². The first kappa shape index (κ1) is 32.2. The Bertz CT molecular complexity index is 2100. The van der Waals surface area contributed by atoms with Crippen LogP contribution < -0.4 is 26.5 Å². The van der Waals surface area contributed by atoms with Gasteiger partial charge in [0.25, 0.3) is 0 Å². The summed E-state index contributed by atoms with van der Waals surface area (Å²) in [5.74, 6) is 1.63. The Balaban J connectivity index is 1.46. The number of nitrogens with zero attached hydrogens (tertiary/aromatic N) is 1. The zero-order valence-corrected chi connectivity index (χ0v) is 29.7. The lowest BCUT2D eigenvalue weighted by atomic mass is 9.79. The highest BCUT2D eigenvalue weighted by molar-refractivity contribution is 6.52. The highest BCUT2D eigenvalue weighted by atomic mass is 16.3. The van der Waals surface area contributed by atoms with Crippen LogP contribution in [0.4, 0.5) is 17.1 Å². The monoisotopic (exact) mass is 642 g/mol. The molecule has 6 nitrogen and oxygen atoms in total. The predicted octanol–water partition coefficient (Wildman–Crippen LogP) is 9.16. The summed E-state index contributed by atoms with van der Waals surface area (Å²) in [5.41, 5.74) is 3.62. The summed E-state index contributed by atoms with van der Waals surface area (Å²) in [5, 5.41) is 29.3. The van der Waals surface area contributed by atoms with Crippen LogP contribution in [-0.4, -0.2) is 22.2 Å². The van der Waals surface area contributed by atoms with E-state index in [0.717, 1.165) is 75.2 Å². The quantitative estimate of drug-likeness (QED) is 0.146. The number of carbonyl (C=O) groups is 1. The van der Waals surface area contributed by atoms with Crippen LogP contribution in [0.3, 0.4) is 0 Å². The third-order valence-corrected chi connectivity index (χ3v) is 9.97. The van der Waals surface area contributed by atoms with Crippen molar-refractivity contribution in [2.24, 2.45) is 28.7 Å². The number of hydrogen-bond acceptors (Lipinski definition) is 6. The minimum Gasteiger partial charge on any atom is -0.506 e. The summed E-state index contributed by atoms with van der Waals surface area (Å²) in [6.45, 7) is 17.9. The van der Waals surface area contributed by atoms with Crippen LogP contribution >= 0.6 is 0 Å². The van der Waals surface area contributed by atoms with Crippen LogP contribution in [0, 0.1) is 23.7 Å². The van der Waals surface area contributed by atoms with E-state index in [1.165, 1.54) is 0 Å². The SMILES string of the molecule is CC(C)CC1(CC(C)C)N=c2c(=C3C(=O)C(c4ccc5cccc6c5c4NC(CC(C)C)(CC(C)C)N6)=C3O)ccc3cccc(c23)N1. The third kappa shape index (κ3) is 5.34. The van der Waals surface area contributed by atoms with Crippen LogP contribution in [0.5, 0.6) is 0 Å². The molecule has 0 bridgehead atoms. The van der Waals surface area contributed by atoms with E-state index in [4.69, 9.17) is 4.99 Å². The molecule has 2 heterocycles. The highest BCUT2D eigenvalue weighted by Gasteiger charge is 2.42. The standard InChI is InChI=1S/C42H50N4O2/c1-23(2)19-41(20-24(3)4)43-31-13-9-11-27-15-17-29(37(45-41)33(27)31)35-39(47)36(40(35)48)30-18-16-28-12-10-14-32-34(28)38(30)46-42(44-32,21-25(5)6)22-26(7)8/h9-18,23-26,43-45,47H,19-22H2,1-8H3. The van der Waals surface area contributed by atoms with Gasteiger partial charge in [0.1, 0.15) is 17.1 Å². The summed E-state index contributed by atoms with van der Waals surface area (Å²) in [7, 11) is 0. The molecule has 0 atom stereocenters. The van der Waals surface area contributed by atoms with E-state index in [-0.39, 0.29) is 17.2 Å². The van der Waals surface area contributed by atoms with E-state index < -0.39 is 5.66 Å². The first-order chi connectivity index (χ1) is 22.8.